The number of rotatable bonds is 6. The predicted octanol–water partition coefficient (Wildman–Crippen LogP) is -0.335. The largest absolute Gasteiger partial charge is 0.463 e. The zero-order valence-electron chi connectivity index (χ0n) is 8.97. The molecule has 0 aliphatic heterocycles. The maximum atomic E-state index is 11.0. The molecule has 0 saturated heterocycles. The number of carbonyl (C=O) groups is 1. The fourth-order valence-corrected chi connectivity index (χ4v) is 1.17. The molecule has 1 unspecified atom stereocenters. The van der Waals surface area contributed by atoms with Gasteiger partial charge in [-0.3, -0.25) is 8.98 Å². The van der Waals surface area contributed by atoms with Crippen LogP contribution >= 0.6 is 0 Å². The Morgan fingerprint density at radius 3 is 2.33 bits per heavy atom. The summed E-state index contributed by atoms with van der Waals surface area (Å²) in [6.45, 7) is 2.92. The van der Waals surface area contributed by atoms with E-state index in [0.717, 1.165) is 6.26 Å². The average Bonchev–Trinajstić information content (AvgIpc) is 1.97. The molecule has 0 spiro atoms. The van der Waals surface area contributed by atoms with Gasteiger partial charge in [0.05, 0.1) is 31.5 Å². The summed E-state index contributed by atoms with van der Waals surface area (Å²) < 4.78 is 30.2. The van der Waals surface area contributed by atoms with E-state index in [0.29, 0.717) is 0 Å². The van der Waals surface area contributed by atoms with Crippen molar-refractivity contribution in [3.05, 3.63) is 0 Å². The van der Waals surface area contributed by atoms with Gasteiger partial charge in [0.2, 0.25) is 0 Å². The fourth-order valence-electron chi connectivity index (χ4n) is 0.764. The average molecular weight is 240 g/mol. The van der Waals surface area contributed by atoms with Crippen LogP contribution in [-0.2, 0) is 23.8 Å². The quantitative estimate of drug-likeness (QED) is 0.505. The molecule has 0 bridgehead atoms. The van der Waals surface area contributed by atoms with E-state index in [2.05, 4.69) is 4.18 Å². The molecule has 0 amide bonds. The van der Waals surface area contributed by atoms with E-state index in [9.17, 15) is 18.3 Å². The van der Waals surface area contributed by atoms with Gasteiger partial charge in [0.25, 0.3) is 10.1 Å². The molecule has 7 heteroatoms. The first-order valence-electron chi connectivity index (χ1n) is 4.42. The Bertz CT molecular complexity index is 294. The van der Waals surface area contributed by atoms with Crippen molar-refractivity contribution in [2.24, 2.45) is 0 Å². The van der Waals surface area contributed by atoms with Crippen LogP contribution in [0.4, 0.5) is 0 Å². The van der Waals surface area contributed by atoms with Crippen molar-refractivity contribution < 1.29 is 27.2 Å². The number of ether oxygens (including phenoxy) is 1. The SMILES string of the molecule is CC(C)OC(=O)CC(O)COS(C)(=O)=O. The van der Waals surface area contributed by atoms with Crippen molar-refractivity contribution >= 4 is 16.1 Å². The third kappa shape index (κ3) is 9.64. The number of hydrogen-bond donors (Lipinski definition) is 1. The number of hydrogen-bond acceptors (Lipinski definition) is 6. The molecule has 0 aliphatic rings. The number of aliphatic hydroxyl groups excluding tert-OH is 1. The van der Waals surface area contributed by atoms with Crippen LogP contribution in [0.3, 0.4) is 0 Å². The van der Waals surface area contributed by atoms with Crippen LogP contribution in [-0.4, -0.2) is 44.6 Å². The molecule has 0 aromatic heterocycles. The Kier molecular flexibility index (Phi) is 5.77. The van der Waals surface area contributed by atoms with E-state index in [-0.39, 0.29) is 12.5 Å². The summed E-state index contributed by atoms with van der Waals surface area (Å²) in [7, 11) is -3.59. The smallest absolute Gasteiger partial charge is 0.308 e. The minimum Gasteiger partial charge on any atom is -0.463 e. The van der Waals surface area contributed by atoms with Gasteiger partial charge in [0.15, 0.2) is 0 Å². The van der Waals surface area contributed by atoms with E-state index in [1.54, 1.807) is 13.8 Å². The first-order valence-corrected chi connectivity index (χ1v) is 6.24. The van der Waals surface area contributed by atoms with E-state index < -0.39 is 28.8 Å². The highest BCUT2D eigenvalue weighted by Gasteiger charge is 2.15. The number of esters is 1. The summed E-state index contributed by atoms with van der Waals surface area (Å²) in [4.78, 5) is 11.0. The van der Waals surface area contributed by atoms with Crippen LogP contribution < -0.4 is 0 Å². The molecule has 0 saturated carbocycles. The van der Waals surface area contributed by atoms with E-state index in [1.807, 2.05) is 0 Å². The molecule has 6 nitrogen and oxygen atoms in total. The molecule has 0 rings (SSSR count). The van der Waals surface area contributed by atoms with Gasteiger partial charge in [-0.1, -0.05) is 0 Å². The maximum Gasteiger partial charge on any atom is 0.308 e. The third-order valence-corrected chi connectivity index (χ3v) is 1.81. The van der Waals surface area contributed by atoms with E-state index in [4.69, 9.17) is 4.74 Å². The van der Waals surface area contributed by atoms with Crippen LogP contribution in [0.5, 0.6) is 0 Å². The Labute approximate surface area is 89.3 Å². The second-order valence-electron chi connectivity index (χ2n) is 3.39. The van der Waals surface area contributed by atoms with Crippen molar-refractivity contribution in [1.29, 1.82) is 0 Å². The first-order chi connectivity index (χ1) is 6.70. The Morgan fingerprint density at radius 2 is 1.93 bits per heavy atom. The molecular weight excluding hydrogens is 224 g/mol. The van der Waals surface area contributed by atoms with Gasteiger partial charge in [-0.15, -0.1) is 0 Å². The molecule has 0 heterocycles. The summed E-state index contributed by atoms with van der Waals surface area (Å²) in [5.41, 5.74) is 0. The third-order valence-electron chi connectivity index (χ3n) is 1.24. The predicted molar refractivity (Wildman–Crippen MR) is 52.6 cm³/mol. The maximum absolute atomic E-state index is 11.0. The van der Waals surface area contributed by atoms with Crippen molar-refractivity contribution in [2.75, 3.05) is 12.9 Å². The minimum atomic E-state index is -3.59. The highest BCUT2D eigenvalue weighted by atomic mass is 32.2. The molecular formula is C8H16O6S. The van der Waals surface area contributed by atoms with Crippen LogP contribution in [0.25, 0.3) is 0 Å². The zero-order chi connectivity index (χ0) is 12.1. The minimum absolute atomic E-state index is 0.263. The lowest BCUT2D eigenvalue weighted by molar-refractivity contribution is -0.150. The van der Waals surface area contributed by atoms with Crippen molar-refractivity contribution in [3.63, 3.8) is 0 Å². The Hall–Kier alpha value is -0.660. The van der Waals surface area contributed by atoms with Crippen molar-refractivity contribution in [2.45, 2.75) is 32.5 Å². The van der Waals surface area contributed by atoms with Gasteiger partial charge in [-0.05, 0) is 13.8 Å². The van der Waals surface area contributed by atoms with Gasteiger partial charge >= 0.3 is 5.97 Å². The Morgan fingerprint density at radius 1 is 1.40 bits per heavy atom. The fraction of sp³-hybridized carbons (Fsp3) is 0.875. The summed E-state index contributed by atoms with van der Waals surface area (Å²) in [6.07, 6.45) is -0.855. The van der Waals surface area contributed by atoms with Crippen LogP contribution in [0.1, 0.15) is 20.3 Å². The summed E-state index contributed by atoms with van der Waals surface area (Å²) in [6, 6.07) is 0. The van der Waals surface area contributed by atoms with Crippen LogP contribution in [0.2, 0.25) is 0 Å². The second-order valence-corrected chi connectivity index (χ2v) is 5.03. The highest BCUT2D eigenvalue weighted by Crippen LogP contribution is 2.00. The standard InChI is InChI=1S/C8H16O6S/c1-6(2)14-8(10)4-7(9)5-13-15(3,11)12/h6-7,9H,4-5H2,1-3H3. The second kappa shape index (κ2) is 6.04. The van der Waals surface area contributed by atoms with Crippen LogP contribution in [0.15, 0.2) is 0 Å². The lowest BCUT2D eigenvalue weighted by Crippen LogP contribution is -2.24. The molecule has 90 valence electrons. The van der Waals surface area contributed by atoms with Crippen LogP contribution in [0, 0.1) is 0 Å². The van der Waals surface area contributed by atoms with Gasteiger partial charge in [-0.25, -0.2) is 0 Å². The van der Waals surface area contributed by atoms with E-state index >= 15 is 0 Å². The molecule has 15 heavy (non-hydrogen) atoms. The normalized spacial score (nSPS) is 13.9. The molecule has 1 atom stereocenters. The number of aliphatic hydroxyl groups is 1. The van der Waals surface area contributed by atoms with Crippen molar-refractivity contribution in [3.8, 4) is 0 Å². The molecule has 1 N–H and O–H groups in total. The molecule has 0 fully saturated rings. The lowest BCUT2D eigenvalue weighted by atomic mass is 10.3. The number of carbonyl (C=O) groups excluding carboxylic acids is 1. The van der Waals surface area contributed by atoms with Gasteiger partial charge < -0.3 is 9.84 Å². The first kappa shape index (κ1) is 14.3. The van der Waals surface area contributed by atoms with Gasteiger partial charge in [0, 0.05) is 0 Å². The summed E-state index contributed by atoms with van der Waals surface area (Å²) in [5.74, 6) is -0.588. The molecule has 0 aromatic rings. The molecule has 0 radical (unpaired) electrons. The van der Waals surface area contributed by atoms with Gasteiger partial charge in [0.1, 0.15) is 0 Å². The summed E-state index contributed by atoms with van der Waals surface area (Å²) >= 11 is 0. The molecule has 0 aromatic carbocycles. The summed E-state index contributed by atoms with van der Waals surface area (Å²) in [5, 5.41) is 9.21. The van der Waals surface area contributed by atoms with E-state index in [1.165, 1.54) is 0 Å². The zero-order valence-corrected chi connectivity index (χ0v) is 9.78. The monoisotopic (exact) mass is 240 g/mol. The highest BCUT2D eigenvalue weighted by molar-refractivity contribution is 7.85. The van der Waals surface area contributed by atoms with Crippen molar-refractivity contribution in [1.82, 2.24) is 0 Å². The topological polar surface area (TPSA) is 89.9 Å². The van der Waals surface area contributed by atoms with Gasteiger partial charge in [-0.2, -0.15) is 8.42 Å². The lowest BCUT2D eigenvalue weighted by Gasteiger charge is -2.11. The Balaban J connectivity index is 3.84. The molecule has 0 aliphatic carbocycles.